The zero-order valence-corrected chi connectivity index (χ0v) is 10.5. The molecule has 0 rings (SSSR count). The van der Waals surface area contributed by atoms with Crippen molar-refractivity contribution < 1.29 is 34.1 Å². The minimum atomic E-state index is -1.17. The molecule has 0 atom stereocenters. The van der Waals surface area contributed by atoms with Gasteiger partial charge < -0.3 is 19.7 Å². The summed E-state index contributed by atoms with van der Waals surface area (Å²) in [7, 11) is 1.31. The van der Waals surface area contributed by atoms with Gasteiger partial charge in [-0.15, -0.1) is 0 Å². The lowest BCUT2D eigenvalue weighted by molar-refractivity contribution is -0.139. The summed E-state index contributed by atoms with van der Waals surface area (Å²) in [5.74, 6) is -2.31. The van der Waals surface area contributed by atoms with E-state index < -0.39 is 17.9 Å². The molecule has 7 nitrogen and oxygen atoms in total. The summed E-state index contributed by atoms with van der Waals surface area (Å²) in [6, 6.07) is 0. The summed E-state index contributed by atoms with van der Waals surface area (Å²) < 4.78 is 8.59. The molecule has 2 N–H and O–H groups in total. The van der Waals surface area contributed by atoms with E-state index in [1.165, 1.54) is 7.11 Å². The third-order valence-corrected chi connectivity index (χ3v) is 1.38. The number of carboxylic acid groups (broad SMARTS) is 1. The lowest BCUT2D eigenvalue weighted by Crippen LogP contribution is -2.09. The van der Waals surface area contributed by atoms with Crippen LogP contribution in [0.2, 0.25) is 0 Å². The molecule has 0 aliphatic carbocycles. The summed E-state index contributed by atoms with van der Waals surface area (Å²) in [5, 5.41) is 16.5. The van der Waals surface area contributed by atoms with Crippen molar-refractivity contribution >= 4 is 17.9 Å². The van der Waals surface area contributed by atoms with Crippen molar-refractivity contribution in [2.24, 2.45) is 0 Å². The molecule has 0 aliphatic rings. The first kappa shape index (κ1) is 18.9. The van der Waals surface area contributed by atoms with E-state index in [1.807, 2.05) is 0 Å². The van der Waals surface area contributed by atoms with Gasteiger partial charge in [-0.25, -0.2) is 14.4 Å². The van der Waals surface area contributed by atoms with Gasteiger partial charge in [-0.1, -0.05) is 13.2 Å². The number of carbonyl (C=O) groups is 3. The monoisotopic (exact) mass is 272 g/mol. The summed E-state index contributed by atoms with van der Waals surface area (Å²) in [6.45, 7) is 6.03. The van der Waals surface area contributed by atoms with E-state index in [0.29, 0.717) is 0 Å². The van der Waals surface area contributed by atoms with Crippen LogP contribution in [0.1, 0.15) is 0 Å². The molecule has 0 aromatic rings. The van der Waals surface area contributed by atoms with E-state index in [-0.39, 0.29) is 18.8 Å². The molecule has 0 spiro atoms. The number of aliphatic hydroxyl groups is 1. The molecule has 7 heteroatoms. The number of rotatable bonds is 6. The van der Waals surface area contributed by atoms with Gasteiger partial charge in [0.05, 0.1) is 19.3 Å². The highest BCUT2D eigenvalue weighted by atomic mass is 16.5. The molecule has 106 valence electrons. The molecule has 0 aromatic carbocycles. The molecule has 0 fully saturated rings. The van der Waals surface area contributed by atoms with E-state index in [0.717, 1.165) is 18.2 Å². The van der Waals surface area contributed by atoms with E-state index in [2.05, 4.69) is 22.6 Å². The fourth-order valence-electron chi connectivity index (χ4n) is 0.554. The van der Waals surface area contributed by atoms with Gasteiger partial charge in [0.2, 0.25) is 0 Å². The number of carboxylic acids is 1. The Balaban J connectivity index is 0. The maximum atomic E-state index is 10.8. The number of aliphatic hydroxyl groups excluding tert-OH is 1. The minimum Gasteiger partial charge on any atom is -0.478 e. The Morgan fingerprint density at radius 2 is 1.84 bits per heavy atom. The van der Waals surface area contributed by atoms with Crippen LogP contribution < -0.4 is 0 Å². The Labute approximate surface area is 110 Å². The number of esters is 2. The number of ether oxygens (including phenoxy) is 2. The van der Waals surface area contributed by atoms with Gasteiger partial charge in [-0.3, -0.25) is 0 Å². The van der Waals surface area contributed by atoms with Crippen molar-refractivity contribution in [1.82, 2.24) is 0 Å². The smallest absolute Gasteiger partial charge is 0.337 e. The zero-order valence-electron chi connectivity index (χ0n) is 10.5. The first-order chi connectivity index (χ1) is 8.88. The van der Waals surface area contributed by atoms with Gasteiger partial charge in [-0.05, 0) is 6.08 Å². The highest BCUT2D eigenvalue weighted by Crippen LogP contribution is 1.96. The summed E-state index contributed by atoms with van der Waals surface area (Å²) in [4.78, 5) is 30.7. The first-order valence-corrected chi connectivity index (χ1v) is 4.97. The second kappa shape index (κ2) is 12.1. The molecular weight excluding hydrogens is 256 g/mol. The van der Waals surface area contributed by atoms with Crippen molar-refractivity contribution in [2.75, 3.05) is 20.3 Å². The van der Waals surface area contributed by atoms with Crippen LogP contribution in [0.15, 0.2) is 37.0 Å². The molecule has 19 heavy (non-hydrogen) atoms. The van der Waals surface area contributed by atoms with Crippen molar-refractivity contribution in [2.45, 2.75) is 0 Å². The molecular formula is C12H16O7. The van der Waals surface area contributed by atoms with Crippen LogP contribution in [-0.4, -0.2) is 48.4 Å². The van der Waals surface area contributed by atoms with Crippen LogP contribution in [0.3, 0.4) is 0 Å². The average molecular weight is 272 g/mol. The zero-order chi connectivity index (χ0) is 15.3. The largest absolute Gasteiger partial charge is 0.478 e. The van der Waals surface area contributed by atoms with Gasteiger partial charge >= 0.3 is 17.9 Å². The number of aliphatic carboxylic acids is 1. The Bertz CT molecular complexity index is 368. The van der Waals surface area contributed by atoms with E-state index >= 15 is 0 Å². The number of carbonyl (C=O) groups excluding carboxylic acids is 2. The van der Waals surface area contributed by atoms with Gasteiger partial charge in [0.15, 0.2) is 0 Å². The Hall–Kier alpha value is -2.41. The molecule has 0 bridgehead atoms. The number of hydrogen-bond acceptors (Lipinski definition) is 6. The van der Waals surface area contributed by atoms with Crippen LogP contribution in [-0.2, 0) is 23.9 Å². The standard InChI is InChI=1S/C8H10O5.C4H6O2/c1-6(2-3-7(10)11)8(12)13-5-4-9;1-3-4(5)6-2/h2-3,9H,1,4-5H2,(H,10,11);3H,1H2,2H3. The van der Waals surface area contributed by atoms with Crippen LogP contribution in [0.25, 0.3) is 0 Å². The van der Waals surface area contributed by atoms with Crippen molar-refractivity contribution in [3.63, 3.8) is 0 Å². The predicted octanol–water partition coefficient (Wildman–Crippen LogP) is 0.0643. The van der Waals surface area contributed by atoms with Crippen LogP contribution in [0, 0.1) is 0 Å². The van der Waals surface area contributed by atoms with E-state index in [1.54, 1.807) is 0 Å². The summed E-state index contributed by atoms with van der Waals surface area (Å²) in [5.41, 5.74) is -0.0733. The van der Waals surface area contributed by atoms with E-state index in [4.69, 9.17) is 10.2 Å². The maximum absolute atomic E-state index is 10.8. The van der Waals surface area contributed by atoms with Crippen LogP contribution in [0.4, 0.5) is 0 Å². The third kappa shape index (κ3) is 13.5. The van der Waals surface area contributed by atoms with Crippen molar-refractivity contribution in [1.29, 1.82) is 0 Å². The number of methoxy groups -OCH3 is 1. The van der Waals surface area contributed by atoms with Gasteiger partial charge in [-0.2, -0.15) is 0 Å². The molecule has 0 unspecified atom stereocenters. The number of hydrogen-bond donors (Lipinski definition) is 2. The average Bonchev–Trinajstić information content (AvgIpc) is 2.41. The van der Waals surface area contributed by atoms with Crippen LogP contribution in [0.5, 0.6) is 0 Å². The normalized spacial score (nSPS) is 8.95. The molecule has 0 heterocycles. The lowest BCUT2D eigenvalue weighted by atomic mass is 10.3. The van der Waals surface area contributed by atoms with Gasteiger partial charge in [0.25, 0.3) is 0 Å². The van der Waals surface area contributed by atoms with Gasteiger partial charge in [0, 0.05) is 12.2 Å². The first-order valence-electron chi connectivity index (χ1n) is 4.97. The summed E-state index contributed by atoms with van der Waals surface area (Å²) >= 11 is 0. The van der Waals surface area contributed by atoms with Crippen molar-refractivity contribution in [3.8, 4) is 0 Å². The minimum absolute atomic E-state index is 0.0733. The Morgan fingerprint density at radius 3 is 2.16 bits per heavy atom. The second-order valence-electron chi connectivity index (χ2n) is 2.78. The summed E-state index contributed by atoms with van der Waals surface area (Å²) in [6.07, 6.45) is 2.92. The highest BCUT2D eigenvalue weighted by Gasteiger charge is 2.04. The second-order valence-corrected chi connectivity index (χ2v) is 2.78. The molecule has 0 aliphatic heterocycles. The fourth-order valence-corrected chi connectivity index (χ4v) is 0.554. The third-order valence-electron chi connectivity index (χ3n) is 1.38. The van der Waals surface area contributed by atoms with Gasteiger partial charge in [0.1, 0.15) is 6.61 Å². The Kier molecular flexibility index (Phi) is 12.0. The maximum Gasteiger partial charge on any atom is 0.337 e. The van der Waals surface area contributed by atoms with E-state index in [9.17, 15) is 14.4 Å². The predicted molar refractivity (Wildman–Crippen MR) is 66.2 cm³/mol. The van der Waals surface area contributed by atoms with Crippen molar-refractivity contribution in [3.05, 3.63) is 37.0 Å². The topological polar surface area (TPSA) is 110 Å². The SMILES string of the molecule is C=C(C=CC(=O)O)C(=O)OCCO.C=CC(=O)OC. The van der Waals surface area contributed by atoms with Crippen LogP contribution >= 0.6 is 0 Å². The molecule has 0 radical (unpaired) electrons. The Morgan fingerprint density at radius 1 is 1.26 bits per heavy atom. The highest BCUT2D eigenvalue weighted by molar-refractivity contribution is 5.93. The fraction of sp³-hybridized carbons (Fsp3) is 0.250. The molecule has 0 saturated carbocycles. The lowest BCUT2D eigenvalue weighted by Gasteiger charge is -2.00. The molecule has 0 aromatic heterocycles. The molecule has 0 amide bonds. The molecule has 0 saturated heterocycles. The quantitative estimate of drug-likeness (QED) is 0.399.